The topological polar surface area (TPSA) is 47.4 Å². The molecule has 1 aromatic heterocycles. The summed E-state index contributed by atoms with van der Waals surface area (Å²) in [5, 5.41) is 4.02. The maximum absolute atomic E-state index is 14.1. The first-order chi connectivity index (χ1) is 14.0. The summed E-state index contributed by atoms with van der Waals surface area (Å²) < 4.78 is 33.5. The van der Waals surface area contributed by atoms with Crippen molar-refractivity contribution in [2.45, 2.75) is 12.3 Å². The predicted octanol–water partition coefficient (Wildman–Crippen LogP) is 4.17. The van der Waals surface area contributed by atoms with Crippen LogP contribution in [-0.2, 0) is 0 Å². The Kier molecular flexibility index (Phi) is 5.24. The lowest BCUT2D eigenvalue weighted by Gasteiger charge is -2.20. The average molecular weight is 418 g/mol. The molecule has 2 heterocycles. The van der Waals surface area contributed by atoms with Crippen LogP contribution in [0.3, 0.4) is 0 Å². The average Bonchev–Trinajstić information content (AvgIpc) is 3.20. The van der Waals surface area contributed by atoms with Crippen LogP contribution in [0.25, 0.3) is 5.69 Å². The quantitative estimate of drug-likeness (QED) is 0.639. The van der Waals surface area contributed by atoms with Gasteiger partial charge in [0.2, 0.25) is 0 Å². The second-order valence-corrected chi connectivity index (χ2v) is 7.21. The van der Waals surface area contributed by atoms with Crippen LogP contribution < -0.4 is 15.2 Å². The molecule has 0 aliphatic carbocycles. The Hall–Kier alpha value is -2.93. The summed E-state index contributed by atoms with van der Waals surface area (Å²) in [5.41, 5.74) is 0.782. The van der Waals surface area contributed by atoms with Crippen molar-refractivity contribution < 1.29 is 13.5 Å². The van der Waals surface area contributed by atoms with Gasteiger partial charge in [0.25, 0.3) is 5.56 Å². The Balaban J connectivity index is 1.64. The summed E-state index contributed by atoms with van der Waals surface area (Å²) in [6.07, 6.45) is 2.31. The van der Waals surface area contributed by atoms with Gasteiger partial charge in [-0.15, -0.1) is 0 Å². The van der Waals surface area contributed by atoms with Crippen molar-refractivity contribution in [1.29, 1.82) is 0 Å². The Bertz CT molecular complexity index is 1120. The van der Waals surface area contributed by atoms with Crippen LogP contribution in [0.2, 0.25) is 5.02 Å². The molecule has 3 aromatic rings. The molecule has 2 aromatic carbocycles. The Labute approximate surface area is 171 Å². The molecule has 0 bridgehead atoms. The summed E-state index contributed by atoms with van der Waals surface area (Å²) >= 11 is 6.33. The standard InChI is InChI=1S/C21H18ClF2N3O2/c1-29-19-5-3-2-4-15(19)13-8-9-26(12-13)18-11-25-27(21(28)20(18)22)17-7-6-14(23)10-16(17)24/h2-7,10-11,13H,8-9,12H2,1H3. The first kappa shape index (κ1) is 19.4. The van der Waals surface area contributed by atoms with Crippen LogP contribution >= 0.6 is 11.6 Å². The van der Waals surface area contributed by atoms with Crippen LogP contribution in [-0.4, -0.2) is 30.0 Å². The highest BCUT2D eigenvalue weighted by Crippen LogP contribution is 2.36. The minimum atomic E-state index is -0.888. The number of aromatic nitrogens is 2. The van der Waals surface area contributed by atoms with E-state index in [0.29, 0.717) is 24.8 Å². The van der Waals surface area contributed by atoms with Gasteiger partial charge in [-0.05, 0) is 30.2 Å². The second kappa shape index (κ2) is 7.83. The van der Waals surface area contributed by atoms with E-state index in [1.165, 1.54) is 6.20 Å². The number of anilines is 1. The Morgan fingerprint density at radius 3 is 2.72 bits per heavy atom. The van der Waals surface area contributed by atoms with E-state index in [4.69, 9.17) is 16.3 Å². The molecule has 0 radical (unpaired) electrons. The lowest BCUT2D eigenvalue weighted by atomic mass is 9.97. The zero-order chi connectivity index (χ0) is 20.5. The highest BCUT2D eigenvalue weighted by molar-refractivity contribution is 6.33. The number of para-hydroxylation sites is 1. The maximum atomic E-state index is 14.1. The summed E-state index contributed by atoms with van der Waals surface area (Å²) in [7, 11) is 1.64. The fourth-order valence-electron chi connectivity index (χ4n) is 3.71. The molecule has 4 rings (SSSR count). The minimum absolute atomic E-state index is 0.0515. The third kappa shape index (κ3) is 3.58. The minimum Gasteiger partial charge on any atom is -0.496 e. The number of hydrogen-bond donors (Lipinski definition) is 0. The molecule has 1 atom stereocenters. The van der Waals surface area contributed by atoms with Crippen molar-refractivity contribution in [3.05, 3.63) is 81.2 Å². The molecule has 1 fully saturated rings. The van der Waals surface area contributed by atoms with Gasteiger partial charge in [-0.1, -0.05) is 29.8 Å². The highest BCUT2D eigenvalue weighted by Gasteiger charge is 2.28. The number of benzene rings is 2. The first-order valence-electron chi connectivity index (χ1n) is 9.10. The van der Waals surface area contributed by atoms with Crippen molar-refractivity contribution in [1.82, 2.24) is 9.78 Å². The third-order valence-electron chi connectivity index (χ3n) is 5.15. The molecule has 1 unspecified atom stereocenters. The molecular formula is C21H18ClF2N3O2. The van der Waals surface area contributed by atoms with Crippen molar-refractivity contribution in [3.8, 4) is 11.4 Å². The fraction of sp³-hybridized carbons (Fsp3) is 0.238. The molecule has 29 heavy (non-hydrogen) atoms. The molecule has 1 saturated heterocycles. The van der Waals surface area contributed by atoms with Gasteiger partial charge < -0.3 is 9.64 Å². The van der Waals surface area contributed by atoms with Crippen LogP contribution in [0.1, 0.15) is 17.9 Å². The summed E-state index contributed by atoms with van der Waals surface area (Å²) in [6.45, 7) is 1.34. The van der Waals surface area contributed by atoms with E-state index >= 15 is 0 Å². The fourth-order valence-corrected chi connectivity index (χ4v) is 3.95. The molecule has 0 spiro atoms. The summed E-state index contributed by atoms with van der Waals surface area (Å²) in [6, 6.07) is 10.8. The number of methoxy groups -OCH3 is 1. The monoisotopic (exact) mass is 417 g/mol. The van der Waals surface area contributed by atoms with Crippen molar-refractivity contribution in [3.63, 3.8) is 0 Å². The number of halogens is 3. The SMILES string of the molecule is COc1ccccc1C1CCN(c2cnn(-c3ccc(F)cc3F)c(=O)c2Cl)C1. The van der Waals surface area contributed by atoms with Crippen LogP contribution in [0.15, 0.2) is 53.5 Å². The molecule has 0 saturated carbocycles. The zero-order valence-corrected chi connectivity index (χ0v) is 16.4. The van der Waals surface area contributed by atoms with Gasteiger partial charge in [-0.25, -0.2) is 8.78 Å². The second-order valence-electron chi connectivity index (χ2n) is 6.83. The lowest BCUT2D eigenvalue weighted by Crippen LogP contribution is -2.27. The van der Waals surface area contributed by atoms with E-state index in [0.717, 1.165) is 34.5 Å². The largest absolute Gasteiger partial charge is 0.496 e. The van der Waals surface area contributed by atoms with E-state index in [1.54, 1.807) is 7.11 Å². The van der Waals surface area contributed by atoms with Gasteiger partial charge in [0.1, 0.15) is 22.3 Å². The molecule has 150 valence electrons. The number of hydrogen-bond acceptors (Lipinski definition) is 4. The van der Waals surface area contributed by atoms with E-state index in [2.05, 4.69) is 5.10 Å². The van der Waals surface area contributed by atoms with Gasteiger partial charge >= 0.3 is 0 Å². The van der Waals surface area contributed by atoms with Gasteiger partial charge in [0.05, 0.1) is 19.0 Å². The van der Waals surface area contributed by atoms with Crippen LogP contribution in [0.4, 0.5) is 14.5 Å². The normalized spacial score (nSPS) is 16.3. The van der Waals surface area contributed by atoms with Gasteiger partial charge in [-0.3, -0.25) is 4.79 Å². The van der Waals surface area contributed by atoms with Crippen molar-refractivity contribution in [2.24, 2.45) is 0 Å². The highest BCUT2D eigenvalue weighted by atomic mass is 35.5. The first-order valence-corrected chi connectivity index (χ1v) is 9.48. The molecular weight excluding hydrogens is 400 g/mol. The van der Waals surface area contributed by atoms with E-state index < -0.39 is 17.2 Å². The van der Waals surface area contributed by atoms with Crippen LogP contribution in [0, 0.1) is 11.6 Å². The number of ether oxygens (including phenoxy) is 1. The zero-order valence-electron chi connectivity index (χ0n) is 15.6. The van der Waals surface area contributed by atoms with Crippen molar-refractivity contribution >= 4 is 17.3 Å². The summed E-state index contributed by atoms with van der Waals surface area (Å²) in [5.74, 6) is -0.577. The third-order valence-corrected chi connectivity index (χ3v) is 5.50. The van der Waals surface area contributed by atoms with Gasteiger partial charge in [-0.2, -0.15) is 9.78 Å². The maximum Gasteiger partial charge on any atom is 0.292 e. The number of nitrogens with zero attached hydrogens (tertiary/aromatic N) is 3. The van der Waals surface area contributed by atoms with E-state index in [9.17, 15) is 13.6 Å². The van der Waals surface area contributed by atoms with Crippen LogP contribution in [0.5, 0.6) is 5.75 Å². The molecule has 0 amide bonds. The molecule has 8 heteroatoms. The lowest BCUT2D eigenvalue weighted by molar-refractivity contribution is 0.406. The molecule has 1 aliphatic rings. The van der Waals surface area contributed by atoms with E-state index in [1.807, 2.05) is 29.2 Å². The van der Waals surface area contributed by atoms with Gasteiger partial charge in [0.15, 0.2) is 5.82 Å². The Morgan fingerprint density at radius 2 is 1.97 bits per heavy atom. The van der Waals surface area contributed by atoms with E-state index in [-0.39, 0.29) is 16.6 Å². The van der Waals surface area contributed by atoms with Crippen molar-refractivity contribution in [2.75, 3.05) is 25.1 Å². The molecule has 5 nitrogen and oxygen atoms in total. The Morgan fingerprint density at radius 1 is 1.17 bits per heavy atom. The molecule has 0 N–H and O–H groups in total. The predicted molar refractivity (Wildman–Crippen MR) is 107 cm³/mol. The van der Waals surface area contributed by atoms with Gasteiger partial charge in [0, 0.05) is 25.1 Å². The number of rotatable bonds is 4. The molecule has 1 aliphatic heterocycles. The summed E-state index contributed by atoms with van der Waals surface area (Å²) in [4.78, 5) is 14.7. The smallest absolute Gasteiger partial charge is 0.292 e.